The molecule has 2 aliphatic heterocycles. The molecule has 1 saturated heterocycles. The van der Waals surface area contributed by atoms with Crippen LogP contribution in [0.25, 0.3) is 0 Å². The first-order valence-corrected chi connectivity index (χ1v) is 14.1. The van der Waals surface area contributed by atoms with Crippen LogP contribution in [0.15, 0.2) is 24.3 Å². The van der Waals surface area contributed by atoms with E-state index in [0.717, 1.165) is 0 Å². The summed E-state index contributed by atoms with van der Waals surface area (Å²) in [5, 5.41) is 2.88. The second-order valence-electron chi connectivity index (χ2n) is 11.0. The van der Waals surface area contributed by atoms with E-state index >= 15 is 0 Å². The van der Waals surface area contributed by atoms with Crippen LogP contribution < -0.4 is 10.1 Å². The first-order chi connectivity index (χ1) is 14.6. The lowest BCUT2D eigenvalue weighted by Crippen LogP contribution is -2.69. The number of hydrogen-bond donors (Lipinski definition) is 1. The van der Waals surface area contributed by atoms with E-state index in [4.69, 9.17) is 9.16 Å². The van der Waals surface area contributed by atoms with Crippen LogP contribution in [0.1, 0.15) is 58.8 Å². The van der Waals surface area contributed by atoms with Crippen molar-refractivity contribution in [3.63, 3.8) is 0 Å². The molecular weight excluding hydrogens is 424 g/mol. The van der Waals surface area contributed by atoms with Gasteiger partial charge in [-0.25, -0.2) is 4.90 Å². The van der Waals surface area contributed by atoms with Crippen LogP contribution in [0.2, 0.25) is 18.1 Å². The molecule has 4 atom stereocenters. The summed E-state index contributed by atoms with van der Waals surface area (Å²) in [5.74, 6) is -1.47. The second kappa shape index (κ2) is 7.99. The summed E-state index contributed by atoms with van der Waals surface area (Å²) >= 11 is 0. The number of rotatable bonds is 5. The van der Waals surface area contributed by atoms with E-state index in [1.54, 1.807) is 45.0 Å². The Kier molecular flexibility index (Phi) is 6.10. The molecule has 1 fully saturated rings. The molecule has 0 aromatic heterocycles. The molecule has 0 saturated carbocycles. The molecule has 3 rings (SSSR count). The summed E-state index contributed by atoms with van der Waals surface area (Å²) in [6.45, 7) is 17.8. The van der Waals surface area contributed by atoms with Crippen LogP contribution in [0.3, 0.4) is 0 Å². The van der Waals surface area contributed by atoms with E-state index in [9.17, 15) is 14.4 Å². The molecule has 2 heterocycles. The number of ether oxygens (including phenoxy) is 1. The summed E-state index contributed by atoms with van der Waals surface area (Å²) in [7, 11) is -2.09. The third kappa shape index (κ3) is 4.10. The molecule has 1 N–H and O–H groups in total. The minimum absolute atomic E-state index is 0.00733. The highest BCUT2D eigenvalue weighted by atomic mass is 28.4. The lowest BCUT2D eigenvalue weighted by Gasteiger charge is -2.48. The maximum absolute atomic E-state index is 13.5. The summed E-state index contributed by atoms with van der Waals surface area (Å²) in [5.41, 5.74) is -0.778. The largest absolute Gasteiger partial charge is 0.467 e. The third-order valence-corrected chi connectivity index (χ3v) is 11.7. The normalized spacial score (nSPS) is 24.6. The maximum atomic E-state index is 13.5. The van der Waals surface area contributed by atoms with Crippen LogP contribution in [-0.4, -0.2) is 48.8 Å². The first kappa shape index (κ1) is 24.4. The summed E-state index contributed by atoms with van der Waals surface area (Å²) in [6, 6.07) is 6.51. The van der Waals surface area contributed by atoms with E-state index in [1.165, 1.54) is 4.90 Å². The van der Waals surface area contributed by atoms with Crippen LogP contribution in [0.4, 0.5) is 0 Å². The number of β-lactam (4-membered cyclic amide) rings is 1. The lowest BCUT2D eigenvalue weighted by molar-refractivity contribution is -0.154. The highest BCUT2D eigenvalue weighted by Gasteiger charge is 2.53. The smallest absolute Gasteiger partial charge is 0.267 e. The highest BCUT2D eigenvalue weighted by molar-refractivity contribution is 6.74. The molecule has 0 unspecified atom stereocenters. The van der Waals surface area contributed by atoms with Gasteiger partial charge in [0.2, 0.25) is 11.8 Å². The molecule has 8 heteroatoms. The Hall–Kier alpha value is -2.19. The number of carbonyl (C=O) groups is 3. The molecule has 0 spiro atoms. The van der Waals surface area contributed by atoms with Crippen molar-refractivity contribution < 1.29 is 23.5 Å². The number of amides is 3. The molecule has 1 aromatic rings. The number of benzene rings is 1. The number of para-hydroxylation sites is 1. The van der Waals surface area contributed by atoms with Crippen LogP contribution >= 0.6 is 0 Å². The predicted octanol–water partition coefficient (Wildman–Crippen LogP) is 3.94. The van der Waals surface area contributed by atoms with Crippen molar-refractivity contribution in [1.29, 1.82) is 0 Å². The zero-order valence-corrected chi connectivity index (χ0v) is 21.6. The summed E-state index contributed by atoms with van der Waals surface area (Å²) < 4.78 is 12.4. The molecule has 7 nitrogen and oxygen atoms in total. The van der Waals surface area contributed by atoms with Gasteiger partial charge < -0.3 is 14.5 Å². The van der Waals surface area contributed by atoms with Crippen LogP contribution in [-0.2, 0) is 14.0 Å². The van der Waals surface area contributed by atoms with Gasteiger partial charge in [0.05, 0.1) is 29.5 Å². The molecule has 0 aliphatic carbocycles. The van der Waals surface area contributed by atoms with E-state index in [1.807, 2.05) is 6.92 Å². The molecule has 2 aliphatic rings. The second-order valence-corrected chi connectivity index (χ2v) is 15.7. The minimum atomic E-state index is -2.09. The van der Waals surface area contributed by atoms with Crippen LogP contribution in [0.5, 0.6) is 5.75 Å². The fourth-order valence-corrected chi connectivity index (χ4v) is 5.64. The van der Waals surface area contributed by atoms with E-state index in [-0.39, 0.29) is 28.9 Å². The van der Waals surface area contributed by atoms with Gasteiger partial charge in [-0.1, -0.05) is 39.8 Å². The monoisotopic (exact) mass is 460 g/mol. The molecule has 0 radical (unpaired) electrons. The van der Waals surface area contributed by atoms with Gasteiger partial charge >= 0.3 is 0 Å². The Bertz CT molecular complexity index is 937. The SMILES string of the molecule is C[C@@H](O[Si](C)(C)C(C)(C)C)[C@H]1C(=O)N[C@@H]1[C@@H](C)C(=O)N1C(=O)c2ccccc2OC1(C)C. The van der Waals surface area contributed by atoms with E-state index < -0.39 is 31.9 Å². The van der Waals surface area contributed by atoms with Crippen molar-refractivity contribution in [2.75, 3.05) is 0 Å². The van der Waals surface area contributed by atoms with Gasteiger partial charge in [0.15, 0.2) is 14.0 Å². The van der Waals surface area contributed by atoms with Crippen molar-refractivity contribution in [1.82, 2.24) is 10.2 Å². The highest BCUT2D eigenvalue weighted by Crippen LogP contribution is 2.40. The van der Waals surface area contributed by atoms with Gasteiger partial charge in [-0.05, 0) is 51.0 Å². The number of carbonyl (C=O) groups excluding carboxylic acids is 3. The minimum Gasteiger partial charge on any atom is -0.467 e. The van der Waals surface area contributed by atoms with Crippen molar-refractivity contribution in [2.45, 2.75) is 84.5 Å². The standard InChI is InChI=1S/C24H36N2O5Si/c1-14(19-18(20(27)25-19)15(2)31-32(8,9)23(3,4)5)21(28)26-22(29)16-12-10-11-13-17(16)30-24(26,6)7/h10-15,18-19H,1-9H3,(H,25,27)/t14-,15-,18-,19-/m1/s1. The van der Waals surface area contributed by atoms with Crippen molar-refractivity contribution >= 4 is 26.0 Å². The molecule has 0 bridgehead atoms. The van der Waals surface area contributed by atoms with Gasteiger partial charge in [0, 0.05) is 0 Å². The topological polar surface area (TPSA) is 84.9 Å². The van der Waals surface area contributed by atoms with Crippen molar-refractivity contribution in [3.05, 3.63) is 29.8 Å². The van der Waals surface area contributed by atoms with Gasteiger partial charge in [-0.15, -0.1) is 0 Å². The Morgan fingerprint density at radius 3 is 2.34 bits per heavy atom. The zero-order valence-electron chi connectivity index (χ0n) is 20.6. The molecule has 32 heavy (non-hydrogen) atoms. The van der Waals surface area contributed by atoms with E-state index in [0.29, 0.717) is 11.3 Å². The number of nitrogens with zero attached hydrogens (tertiary/aromatic N) is 1. The first-order valence-electron chi connectivity index (χ1n) is 11.2. The average molecular weight is 461 g/mol. The number of imide groups is 1. The maximum Gasteiger partial charge on any atom is 0.267 e. The summed E-state index contributed by atoms with van der Waals surface area (Å²) in [6.07, 6.45) is -0.327. The predicted molar refractivity (Wildman–Crippen MR) is 125 cm³/mol. The zero-order chi connectivity index (χ0) is 24.2. The lowest BCUT2D eigenvalue weighted by atomic mass is 9.78. The van der Waals surface area contributed by atoms with Gasteiger partial charge in [-0.3, -0.25) is 14.4 Å². The number of nitrogens with one attached hydrogen (secondary N) is 1. The molecule has 1 aromatic carbocycles. The fourth-order valence-electron chi connectivity index (χ4n) is 4.21. The summed E-state index contributed by atoms with van der Waals surface area (Å²) in [4.78, 5) is 40.4. The Morgan fingerprint density at radius 1 is 1.19 bits per heavy atom. The van der Waals surface area contributed by atoms with E-state index in [2.05, 4.69) is 39.2 Å². The quantitative estimate of drug-likeness (QED) is 0.531. The number of fused-ring (bicyclic) bond motifs is 1. The fraction of sp³-hybridized carbons (Fsp3) is 0.625. The van der Waals surface area contributed by atoms with Gasteiger partial charge in [0.25, 0.3) is 5.91 Å². The van der Waals surface area contributed by atoms with Crippen LogP contribution in [0, 0.1) is 11.8 Å². The Morgan fingerprint density at radius 2 is 1.78 bits per heavy atom. The van der Waals surface area contributed by atoms with Crippen molar-refractivity contribution in [2.24, 2.45) is 11.8 Å². The third-order valence-electron chi connectivity index (χ3n) is 7.16. The van der Waals surface area contributed by atoms with Gasteiger partial charge in [0.1, 0.15) is 5.75 Å². The molecular formula is C24H36N2O5Si. The number of hydrogen-bond acceptors (Lipinski definition) is 5. The molecule has 176 valence electrons. The Balaban J connectivity index is 1.81. The molecule has 3 amide bonds. The van der Waals surface area contributed by atoms with Crippen molar-refractivity contribution in [3.8, 4) is 5.75 Å². The van der Waals surface area contributed by atoms with Gasteiger partial charge in [-0.2, -0.15) is 0 Å². The Labute approximate surface area is 192 Å². The average Bonchev–Trinajstić information content (AvgIpc) is 2.63.